The predicted octanol–water partition coefficient (Wildman–Crippen LogP) is 0.868. The van der Waals surface area contributed by atoms with Crippen molar-refractivity contribution in [2.75, 3.05) is 26.7 Å². The average Bonchev–Trinajstić information content (AvgIpc) is 3.46. The van der Waals surface area contributed by atoms with Gasteiger partial charge in [0.2, 0.25) is 0 Å². The summed E-state index contributed by atoms with van der Waals surface area (Å²) in [6, 6.07) is -0.209. The number of hydrogen-bond acceptors (Lipinski definition) is 6. The summed E-state index contributed by atoms with van der Waals surface area (Å²) < 4.78 is 10.2. The molecule has 2 aliphatic rings. The maximum Gasteiger partial charge on any atom is 0.336 e. The molecule has 1 aliphatic carbocycles. The van der Waals surface area contributed by atoms with Crippen molar-refractivity contribution < 1.29 is 19.1 Å². The number of methoxy groups -OCH3 is 1. The van der Waals surface area contributed by atoms with Gasteiger partial charge in [-0.2, -0.15) is 0 Å². The first-order valence-corrected chi connectivity index (χ1v) is 8.63. The lowest BCUT2D eigenvalue weighted by atomic mass is 10.2. The van der Waals surface area contributed by atoms with Crippen LogP contribution in [0.25, 0.3) is 0 Å². The topological polar surface area (TPSA) is 93.7 Å². The van der Waals surface area contributed by atoms with Gasteiger partial charge in [-0.05, 0) is 31.7 Å². The van der Waals surface area contributed by atoms with Crippen LogP contribution < -0.4 is 5.32 Å². The van der Waals surface area contributed by atoms with Crippen LogP contribution in [-0.4, -0.2) is 65.8 Å². The van der Waals surface area contributed by atoms with Crippen molar-refractivity contribution in [1.29, 1.82) is 0 Å². The Morgan fingerprint density at radius 1 is 1.32 bits per heavy atom. The number of esters is 1. The summed E-state index contributed by atoms with van der Waals surface area (Å²) in [7, 11) is 1.31. The monoisotopic (exact) mass is 348 g/mol. The normalized spacial score (nSPS) is 23.2. The van der Waals surface area contributed by atoms with Gasteiger partial charge in [0.15, 0.2) is 6.10 Å². The molecule has 2 fully saturated rings. The van der Waals surface area contributed by atoms with Crippen molar-refractivity contribution in [3.8, 4) is 0 Å². The number of carbonyl (C=O) groups is 2. The van der Waals surface area contributed by atoms with Gasteiger partial charge in [0, 0.05) is 31.4 Å². The van der Waals surface area contributed by atoms with Crippen molar-refractivity contribution >= 4 is 12.0 Å². The van der Waals surface area contributed by atoms with Crippen LogP contribution >= 0.6 is 0 Å². The zero-order valence-corrected chi connectivity index (χ0v) is 14.6. The summed E-state index contributed by atoms with van der Waals surface area (Å²) in [5.41, 5.74) is 0.993. The van der Waals surface area contributed by atoms with E-state index in [1.165, 1.54) is 20.0 Å². The Hall–Kier alpha value is -2.22. The molecule has 8 nitrogen and oxygen atoms in total. The van der Waals surface area contributed by atoms with Crippen LogP contribution in [0.5, 0.6) is 0 Å². The number of hydrogen-bond donors (Lipinski definition) is 1. The first kappa shape index (κ1) is 17.6. The molecule has 1 aromatic rings. The van der Waals surface area contributed by atoms with Crippen molar-refractivity contribution in [2.24, 2.45) is 0 Å². The zero-order valence-electron chi connectivity index (χ0n) is 14.6. The first-order valence-electron chi connectivity index (χ1n) is 8.63. The quantitative estimate of drug-likeness (QED) is 0.794. The third kappa shape index (κ3) is 4.66. The molecule has 3 rings (SSSR count). The summed E-state index contributed by atoms with van der Waals surface area (Å²) in [6.07, 6.45) is 5.74. The highest BCUT2D eigenvalue weighted by atomic mass is 16.6. The number of carbonyl (C=O) groups excluding carboxylic acids is 2. The fourth-order valence-corrected chi connectivity index (χ4v) is 2.85. The van der Waals surface area contributed by atoms with Gasteiger partial charge in [0.05, 0.1) is 19.8 Å². The largest absolute Gasteiger partial charge is 0.467 e. The molecule has 1 N–H and O–H groups in total. The molecule has 0 spiro atoms. The Balaban J connectivity index is 1.45. The van der Waals surface area contributed by atoms with E-state index >= 15 is 0 Å². The fourth-order valence-electron chi connectivity index (χ4n) is 2.85. The third-order valence-corrected chi connectivity index (χ3v) is 4.37. The van der Waals surface area contributed by atoms with Crippen LogP contribution in [0, 0.1) is 0 Å². The molecule has 136 valence electrons. The highest BCUT2D eigenvalue weighted by Gasteiger charge is 2.33. The molecular formula is C17H24N4O4. The molecule has 0 radical (unpaired) electrons. The van der Waals surface area contributed by atoms with E-state index in [9.17, 15) is 9.59 Å². The summed E-state index contributed by atoms with van der Waals surface area (Å²) in [5.74, 6) is 1.00. The average molecular weight is 348 g/mol. The molecule has 0 unspecified atom stereocenters. The SMILES string of the molecule is COC(=O)[C@H]1CN(C(=O)NCCc2cnc(C3CC3)nc2)C[C@@H](C)O1. The number of rotatable bonds is 5. The van der Waals surface area contributed by atoms with E-state index in [4.69, 9.17) is 9.47 Å². The number of urea groups is 1. The van der Waals surface area contributed by atoms with Gasteiger partial charge in [0.1, 0.15) is 5.82 Å². The Bertz CT molecular complexity index is 618. The second kappa shape index (κ2) is 7.77. The molecule has 2 heterocycles. The lowest BCUT2D eigenvalue weighted by Crippen LogP contribution is -2.54. The van der Waals surface area contributed by atoms with Crippen LogP contribution in [0.2, 0.25) is 0 Å². The van der Waals surface area contributed by atoms with Gasteiger partial charge < -0.3 is 19.7 Å². The smallest absolute Gasteiger partial charge is 0.336 e. The Kier molecular flexibility index (Phi) is 5.47. The summed E-state index contributed by atoms with van der Waals surface area (Å²) in [6.45, 7) is 2.95. The number of aromatic nitrogens is 2. The molecule has 1 saturated carbocycles. The first-order chi connectivity index (χ1) is 12.1. The van der Waals surface area contributed by atoms with Crippen molar-refractivity contribution in [1.82, 2.24) is 20.2 Å². The highest BCUT2D eigenvalue weighted by molar-refractivity contribution is 5.78. The molecule has 25 heavy (non-hydrogen) atoms. The van der Waals surface area contributed by atoms with Crippen LogP contribution in [0.4, 0.5) is 4.79 Å². The lowest BCUT2D eigenvalue weighted by Gasteiger charge is -2.35. The number of nitrogens with one attached hydrogen (secondary N) is 1. The number of nitrogens with zero attached hydrogens (tertiary/aromatic N) is 3. The Morgan fingerprint density at radius 2 is 2.04 bits per heavy atom. The minimum atomic E-state index is -0.733. The van der Waals surface area contributed by atoms with E-state index in [-0.39, 0.29) is 18.7 Å². The van der Waals surface area contributed by atoms with Crippen LogP contribution in [-0.2, 0) is 20.7 Å². The van der Waals surface area contributed by atoms with Crippen LogP contribution in [0.3, 0.4) is 0 Å². The second-order valence-electron chi connectivity index (χ2n) is 6.57. The van der Waals surface area contributed by atoms with Gasteiger partial charge in [-0.25, -0.2) is 19.6 Å². The second-order valence-corrected chi connectivity index (χ2v) is 6.57. The molecular weight excluding hydrogens is 324 g/mol. The van der Waals surface area contributed by atoms with Crippen LogP contribution in [0.15, 0.2) is 12.4 Å². The molecule has 0 bridgehead atoms. The third-order valence-electron chi connectivity index (χ3n) is 4.37. The van der Waals surface area contributed by atoms with E-state index in [0.717, 1.165) is 11.4 Å². The van der Waals surface area contributed by atoms with Gasteiger partial charge in [-0.15, -0.1) is 0 Å². The van der Waals surface area contributed by atoms with Crippen molar-refractivity contribution in [3.05, 3.63) is 23.8 Å². The number of amides is 2. The number of ether oxygens (including phenoxy) is 2. The van der Waals surface area contributed by atoms with E-state index in [2.05, 4.69) is 15.3 Å². The lowest BCUT2D eigenvalue weighted by molar-refractivity contribution is -0.164. The van der Waals surface area contributed by atoms with E-state index < -0.39 is 12.1 Å². The molecule has 2 atom stereocenters. The number of morpholine rings is 1. The molecule has 1 aromatic heterocycles. The highest BCUT2D eigenvalue weighted by Crippen LogP contribution is 2.37. The summed E-state index contributed by atoms with van der Waals surface area (Å²) in [4.78, 5) is 34.3. The minimum Gasteiger partial charge on any atom is -0.467 e. The molecule has 8 heteroatoms. The van der Waals surface area contributed by atoms with Gasteiger partial charge in [0.25, 0.3) is 0 Å². The van der Waals surface area contributed by atoms with E-state index in [1.54, 1.807) is 4.90 Å². The summed E-state index contributed by atoms with van der Waals surface area (Å²) in [5, 5.41) is 2.87. The Morgan fingerprint density at radius 3 is 2.68 bits per heavy atom. The van der Waals surface area contributed by atoms with Gasteiger partial charge >= 0.3 is 12.0 Å². The van der Waals surface area contributed by atoms with Crippen molar-refractivity contribution in [2.45, 2.75) is 44.3 Å². The Labute approximate surface area is 146 Å². The minimum absolute atomic E-state index is 0.196. The van der Waals surface area contributed by atoms with Gasteiger partial charge in [-0.3, -0.25) is 0 Å². The zero-order chi connectivity index (χ0) is 17.8. The standard InChI is InChI=1S/C17H24N4O4/c1-11-9-21(10-14(25-11)16(22)24-2)17(23)18-6-5-12-7-19-15(20-8-12)13-3-4-13/h7-8,11,13-14H,3-6,9-10H2,1-2H3,(H,18,23)/t11-,14-/m1/s1. The molecule has 1 aliphatic heterocycles. The maximum atomic E-state index is 12.3. The van der Waals surface area contributed by atoms with E-state index in [1.807, 2.05) is 19.3 Å². The molecule has 1 saturated heterocycles. The van der Waals surface area contributed by atoms with E-state index in [0.29, 0.717) is 25.4 Å². The fraction of sp³-hybridized carbons (Fsp3) is 0.647. The molecule has 2 amide bonds. The van der Waals surface area contributed by atoms with Gasteiger partial charge in [-0.1, -0.05) is 0 Å². The van der Waals surface area contributed by atoms with Crippen LogP contribution in [0.1, 0.15) is 37.1 Å². The predicted molar refractivity (Wildman–Crippen MR) is 89.0 cm³/mol. The molecule has 0 aromatic carbocycles. The van der Waals surface area contributed by atoms with Crippen molar-refractivity contribution in [3.63, 3.8) is 0 Å². The maximum absolute atomic E-state index is 12.3. The summed E-state index contributed by atoms with van der Waals surface area (Å²) >= 11 is 0.